The molecule has 102 valence electrons. The van der Waals surface area contributed by atoms with Crippen LogP contribution in [0.4, 0.5) is 0 Å². The quantitative estimate of drug-likeness (QED) is 0.870. The minimum Gasteiger partial charge on any atom is -0.330 e. The molecule has 0 fully saturated rings. The summed E-state index contributed by atoms with van der Waals surface area (Å²) in [6.07, 6.45) is 0. The molecule has 0 aliphatic carbocycles. The van der Waals surface area contributed by atoms with Crippen LogP contribution in [0.25, 0.3) is 0 Å². The predicted octanol–water partition coefficient (Wildman–Crippen LogP) is 3.56. The summed E-state index contributed by atoms with van der Waals surface area (Å²) in [6.45, 7) is 12.6. The average molecular weight is 313 g/mol. The molecule has 0 heterocycles. The van der Waals surface area contributed by atoms with Gasteiger partial charge in [0.05, 0.1) is 0 Å². The number of rotatable bonds is 6. The highest BCUT2D eigenvalue weighted by atomic mass is 79.9. The van der Waals surface area contributed by atoms with E-state index in [1.165, 1.54) is 15.6 Å². The van der Waals surface area contributed by atoms with Gasteiger partial charge in [-0.3, -0.25) is 4.90 Å². The van der Waals surface area contributed by atoms with Crippen LogP contribution in [0, 0.1) is 12.3 Å². The minimum atomic E-state index is 0.181. The average Bonchev–Trinajstić information content (AvgIpc) is 2.33. The van der Waals surface area contributed by atoms with E-state index in [1.54, 1.807) is 0 Å². The number of nitrogens with zero attached hydrogens (tertiary/aromatic N) is 1. The van der Waals surface area contributed by atoms with Gasteiger partial charge in [0.1, 0.15) is 0 Å². The van der Waals surface area contributed by atoms with Crippen LogP contribution in [-0.4, -0.2) is 24.5 Å². The third kappa shape index (κ3) is 4.71. The third-order valence-corrected chi connectivity index (χ3v) is 4.17. The summed E-state index contributed by atoms with van der Waals surface area (Å²) < 4.78 is 1.18. The molecule has 3 heteroatoms. The van der Waals surface area contributed by atoms with Gasteiger partial charge in [-0.15, -0.1) is 0 Å². The van der Waals surface area contributed by atoms with E-state index in [4.69, 9.17) is 5.73 Å². The molecule has 0 saturated carbocycles. The zero-order chi connectivity index (χ0) is 13.8. The van der Waals surface area contributed by atoms with E-state index in [2.05, 4.69) is 66.7 Å². The Labute approximate surface area is 120 Å². The molecule has 0 aromatic heterocycles. The lowest BCUT2D eigenvalue weighted by Gasteiger charge is -2.31. The van der Waals surface area contributed by atoms with Gasteiger partial charge in [-0.25, -0.2) is 0 Å². The lowest BCUT2D eigenvalue weighted by atomic mass is 9.93. The second-order valence-electron chi connectivity index (χ2n) is 5.76. The first-order valence-electron chi connectivity index (χ1n) is 6.55. The maximum atomic E-state index is 5.81. The summed E-state index contributed by atoms with van der Waals surface area (Å²) in [6, 6.07) is 6.57. The minimum absolute atomic E-state index is 0.181. The van der Waals surface area contributed by atoms with Crippen molar-refractivity contribution in [3.05, 3.63) is 33.8 Å². The number of hydrogen-bond acceptors (Lipinski definition) is 2. The van der Waals surface area contributed by atoms with Crippen LogP contribution in [0.3, 0.4) is 0 Å². The molecule has 0 amide bonds. The Balaban J connectivity index is 2.71. The molecular weight excluding hydrogens is 288 g/mol. The van der Waals surface area contributed by atoms with Gasteiger partial charge < -0.3 is 5.73 Å². The molecule has 1 aromatic carbocycles. The standard InChI is InChI=1S/C15H25BrN2/c1-5-18(11-15(3,4)10-17)9-13-6-7-14(16)12(2)8-13/h6-8H,5,9-11,17H2,1-4H3. The van der Waals surface area contributed by atoms with Crippen molar-refractivity contribution in [2.24, 2.45) is 11.1 Å². The highest BCUT2D eigenvalue weighted by molar-refractivity contribution is 9.10. The SMILES string of the molecule is CCN(Cc1ccc(Br)c(C)c1)CC(C)(C)CN. The van der Waals surface area contributed by atoms with Gasteiger partial charge in [0.15, 0.2) is 0 Å². The van der Waals surface area contributed by atoms with E-state index in [0.717, 1.165) is 26.2 Å². The van der Waals surface area contributed by atoms with E-state index in [9.17, 15) is 0 Å². The second-order valence-corrected chi connectivity index (χ2v) is 6.61. The lowest BCUT2D eigenvalue weighted by molar-refractivity contribution is 0.183. The Bertz CT molecular complexity index is 388. The fraction of sp³-hybridized carbons (Fsp3) is 0.600. The summed E-state index contributed by atoms with van der Waals surface area (Å²) >= 11 is 3.54. The van der Waals surface area contributed by atoms with Gasteiger partial charge in [0, 0.05) is 17.6 Å². The summed E-state index contributed by atoms with van der Waals surface area (Å²) in [7, 11) is 0. The van der Waals surface area contributed by atoms with Crippen molar-refractivity contribution in [2.45, 2.75) is 34.2 Å². The second kappa shape index (κ2) is 6.69. The molecule has 18 heavy (non-hydrogen) atoms. The maximum absolute atomic E-state index is 5.81. The molecule has 0 radical (unpaired) electrons. The Kier molecular flexibility index (Phi) is 5.83. The summed E-state index contributed by atoms with van der Waals surface area (Å²) in [5.41, 5.74) is 8.65. The van der Waals surface area contributed by atoms with Gasteiger partial charge in [-0.1, -0.05) is 48.8 Å². The van der Waals surface area contributed by atoms with E-state index in [-0.39, 0.29) is 5.41 Å². The molecule has 0 aliphatic rings. The Morgan fingerprint density at radius 1 is 1.33 bits per heavy atom. The topological polar surface area (TPSA) is 29.3 Å². The van der Waals surface area contributed by atoms with Crippen molar-refractivity contribution in [3.8, 4) is 0 Å². The van der Waals surface area contributed by atoms with Crippen molar-refractivity contribution in [2.75, 3.05) is 19.6 Å². The predicted molar refractivity (Wildman–Crippen MR) is 82.7 cm³/mol. The smallest absolute Gasteiger partial charge is 0.0233 e. The molecule has 0 atom stereocenters. The molecule has 1 aromatic rings. The number of nitrogens with two attached hydrogens (primary N) is 1. The van der Waals surface area contributed by atoms with Crippen LogP contribution in [0.2, 0.25) is 0 Å². The fourth-order valence-electron chi connectivity index (χ4n) is 2.01. The third-order valence-electron chi connectivity index (χ3n) is 3.28. The summed E-state index contributed by atoms with van der Waals surface area (Å²) in [5, 5.41) is 0. The van der Waals surface area contributed by atoms with Crippen LogP contribution < -0.4 is 5.73 Å². The maximum Gasteiger partial charge on any atom is 0.0233 e. The van der Waals surface area contributed by atoms with E-state index >= 15 is 0 Å². The van der Waals surface area contributed by atoms with Crippen molar-refractivity contribution in [1.29, 1.82) is 0 Å². The van der Waals surface area contributed by atoms with Crippen molar-refractivity contribution in [1.82, 2.24) is 4.90 Å². The van der Waals surface area contributed by atoms with Crippen LogP contribution in [0.5, 0.6) is 0 Å². The highest BCUT2D eigenvalue weighted by Crippen LogP contribution is 2.20. The summed E-state index contributed by atoms with van der Waals surface area (Å²) in [4.78, 5) is 2.45. The summed E-state index contributed by atoms with van der Waals surface area (Å²) in [5.74, 6) is 0. The first-order chi connectivity index (χ1) is 8.38. The van der Waals surface area contributed by atoms with Gasteiger partial charge in [0.25, 0.3) is 0 Å². The number of benzene rings is 1. The van der Waals surface area contributed by atoms with Crippen molar-refractivity contribution < 1.29 is 0 Å². The Hall–Kier alpha value is -0.380. The van der Waals surface area contributed by atoms with Crippen LogP contribution >= 0.6 is 15.9 Å². The highest BCUT2D eigenvalue weighted by Gasteiger charge is 2.19. The van der Waals surface area contributed by atoms with Gasteiger partial charge in [-0.05, 0) is 42.6 Å². The largest absolute Gasteiger partial charge is 0.330 e. The van der Waals surface area contributed by atoms with Crippen LogP contribution in [0.1, 0.15) is 31.9 Å². The molecular formula is C15H25BrN2. The first kappa shape index (κ1) is 15.7. The van der Waals surface area contributed by atoms with E-state index in [1.807, 2.05) is 0 Å². The normalized spacial score (nSPS) is 12.2. The zero-order valence-corrected chi connectivity index (χ0v) is 13.5. The molecule has 2 nitrogen and oxygen atoms in total. The molecule has 0 bridgehead atoms. The van der Waals surface area contributed by atoms with Crippen LogP contribution in [0.15, 0.2) is 22.7 Å². The molecule has 1 rings (SSSR count). The van der Waals surface area contributed by atoms with Crippen molar-refractivity contribution >= 4 is 15.9 Å². The zero-order valence-electron chi connectivity index (χ0n) is 12.0. The van der Waals surface area contributed by atoms with Gasteiger partial charge in [0.2, 0.25) is 0 Å². The molecule has 0 saturated heterocycles. The van der Waals surface area contributed by atoms with E-state index < -0.39 is 0 Å². The van der Waals surface area contributed by atoms with Crippen LogP contribution in [-0.2, 0) is 6.54 Å². The lowest BCUT2D eigenvalue weighted by Crippen LogP contribution is -2.38. The molecule has 2 N–H and O–H groups in total. The molecule has 0 aliphatic heterocycles. The van der Waals surface area contributed by atoms with Crippen molar-refractivity contribution in [3.63, 3.8) is 0 Å². The fourth-order valence-corrected chi connectivity index (χ4v) is 2.26. The number of aryl methyl sites for hydroxylation is 1. The Morgan fingerprint density at radius 2 is 2.00 bits per heavy atom. The van der Waals surface area contributed by atoms with E-state index in [0.29, 0.717) is 0 Å². The molecule has 0 unspecified atom stereocenters. The van der Waals surface area contributed by atoms with Gasteiger partial charge in [-0.2, -0.15) is 0 Å². The monoisotopic (exact) mass is 312 g/mol. The molecule has 0 spiro atoms. The number of halogens is 1. The Morgan fingerprint density at radius 3 is 2.50 bits per heavy atom. The number of hydrogen-bond donors (Lipinski definition) is 1. The first-order valence-corrected chi connectivity index (χ1v) is 7.34. The van der Waals surface area contributed by atoms with Gasteiger partial charge >= 0.3 is 0 Å².